The highest BCUT2D eigenvalue weighted by atomic mass is 32.2. The Morgan fingerprint density at radius 1 is 1.00 bits per heavy atom. The third-order valence-corrected chi connectivity index (χ3v) is 3.63. The minimum atomic E-state index is -3.90. The summed E-state index contributed by atoms with van der Waals surface area (Å²) in [6.07, 6.45) is 0. The van der Waals surface area contributed by atoms with E-state index in [1.54, 1.807) is 6.07 Å². The fraction of sp³-hybridized carbons (Fsp3) is 0.143. The monoisotopic (exact) mass is 292 g/mol. The fourth-order valence-electron chi connectivity index (χ4n) is 1.95. The molecule has 2 aromatic carbocycles. The van der Waals surface area contributed by atoms with Crippen LogP contribution >= 0.6 is 0 Å². The van der Waals surface area contributed by atoms with Gasteiger partial charge in [0.2, 0.25) is 10.0 Å². The van der Waals surface area contributed by atoms with Gasteiger partial charge in [0.05, 0.1) is 0 Å². The Morgan fingerprint density at radius 3 is 2.15 bits per heavy atom. The van der Waals surface area contributed by atoms with E-state index in [2.05, 4.69) is 0 Å². The van der Waals surface area contributed by atoms with Gasteiger partial charge in [0, 0.05) is 5.69 Å². The summed E-state index contributed by atoms with van der Waals surface area (Å²) in [5.74, 6) is 0.712. The summed E-state index contributed by atoms with van der Waals surface area (Å²) in [5, 5.41) is 5.18. The average molecular weight is 292 g/mol. The molecule has 106 valence electrons. The number of primary sulfonamides is 1. The zero-order chi connectivity index (χ0) is 14.9. The van der Waals surface area contributed by atoms with Gasteiger partial charge in [-0.1, -0.05) is 6.07 Å². The molecule has 0 heterocycles. The minimum Gasteiger partial charge on any atom is -0.456 e. The van der Waals surface area contributed by atoms with E-state index in [9.17, 15) is 8.42 Å². The predicted molar refractivity (Wildman–Crippen MR) is 78.2 cm³/mol. The quantitative estimate of drug-likeness (QED) is 0.849. The van der Waals surface area contributed by atoms with Gasteiger partial charge in [-0.3, -0.25) is 0 Å². The number of rotatable bonds is 3. The van der Waals surface area contributed by atoms with Crippen LogP contribution in [-0.4, -0.2) is 8.42 Å². The molecule has 0 atom stereocenters. The van der Waals surface area contributed by atoms with Crippen molar-refractivity contribution in [1.29, 1.82) is 0 Å². The van der Waals surface area contributed by atoms with Crippen LogP contribution in [0.25, 0.3) is 0 Å². The third kappa shape index (κ3) is 3.28. The van der Waals surface area contributed by atoms with Gasteiger partial charge in [-0.05, 0) is 55.3 Å². The number of ether oxygens (including phenoxy) is 1. The molecule has 0 amide bonds. The van der Waals surface area contributed by atoms with Crippen LogP contribution in [0.3, 0.4) is 0 Å². The first-order chi connectivity index (χ1) is 9.25. The average Bonchev–Trinajstić information content (AvgIpc) is 2.28. The summed E-state index contributed by atoms with van der Waals surface area (Å²) < 4.78 is 28.8. The lowest BCUT2D eigenvalue weighted by atomic mass is 10.1. The van der Waals surface area contributed by atoms with Gasteiger partial charge in [0.1, 0.15) is 16.4 Å². The van der Waals surface area contributed by atoms with Gasteiger partial charge >= 0.3 is 0 Å². The van der Waals surface area contributed by atoms with Crippen LogP contribution in [0.1, 0.15) is 11.1 Å². The molecule has 5 nitrogen and oxygen atoms in total. The van der Waals surface area contributed by atoms with Gasteiger partial charge in [0.25, 0.3) is 0 Å². The Hall–Kier alpha value is -2.05. The second kappa shape index (κ2) is 5.15. The molecule has 0 spiro atoms. The predicted octanol–water partition coefficient (Wildman–Crippen LogP) is 2.33. The first-order valence-electron chi connectivity index (χ1n) is 5.94. The first kappa shape index (κ1) is 14.4. The van der Waals surface area contributed by atoms with Crippen LogP contribution in [0.5, 0.6) is 11.5 Å². The summed E-state index contributed by atoms with van der Waals surface area (Å²) >= 11 is 0. The van der Waals surface area contributed by atoms with Crippen molar-refractivity contribution in [2.45, 2.75) is 18.7 Å². The van der Waals surface area contributed by atoms with Crippen LogP contribution in [0.2, 0.25) is 0 Å². The Labute approximate surface area is 118 Å². The van der Waals surface area contributed by atoms with Crippen LogP contribution in [-0.2, 0) is 10.0 Å². The molecule has 4 N–H and O–H groups in total. The van der Waals surface area contributed by atoms with Crippen molar-refractivity contribution in [1.82, 2.24) is 0 Å². The molecule has 0 unspecified atom stereocenters. The van der Waals surface area contributed by atoms with Gasteiger partial charge in [-0.15, -0.1) is 0 Å². The highest BCUT2D eigenvalue weighted by molar-refractivity contribution is 7.89. The molecular formula is C14H16N2O3S. The summed E-state index contributed by atoms with van der Waals surface area (Å²) in [7, 11) is -3.90. The molecule has 0 aliphatic heterocycles. The summed E-state index contributed by atoms with van der Waals surface area (Å²) in [4.78, 5) is -0.128. The van der Waals surface area contributed by atoms with E-state index in [4.69, 9.17) is 15.6 Å². The van der Waals surface area contributed by atoms with Crippen molar-refractivity contribution in [3.63, 3.8) is 0 Å². The Balaban J connectivity index is 2.48. The maximum atomic E-state index is 11.6. The minimum absolute atomic E-state index is 0.128. The number of aryl methyl sites for hydroxylation is 2. The van der Waals surface area contributed by atoms with Crippen LogP contribution < -0.4 is 15.6 Å². The number of nitrogens with two attached hydrogens (primary N) is 2. The number of nitrogen functional groups attached to an aromatic ring is 1. The molecule has 0 aliphatic carbocycles. The van der Waals surface area contributed by atoms with Crippen molar-refractivity contribution in [3.05, 3.63) is 47.5 Å². The molecule has 0 aliphatic rings. The molecule has 2 aromatic rings. The first-order valence-corrected chi connectivity index (χ1v) is 7.49. The Kier molecular flexibility index (Phi) is 3.69. The lowest BCUT2D eigenvalue weighted by Crippen LogP contribution is -2.13. The van der Waals surface area contributed by atoms with Crippen molar-refractivity contribution < 1.29 is 13.2 Å². The zero-order valence-electron chi connectivity index (χ0n) is 11.3. The molecule has 20 heavy (non-hydrogen) atoms. The van der Waals surface area contributed by atoms with Crippen molar-refractivity contribution >= 4 is 15.7 Å². The SMILES string of the molecule is Cc1cc(C)cc(Oc2ccc(N)cc2S(N)(=O)=O)c1. The van der Waals surface area contributed by atoms with Crippen LogP contribution in [0.15, 0.2) is 41.3 Å². The normalized spacial score (nSPS) is 11.3. The number of anilines is 1. The Morgan fingerprint density at radius 2 is 1.60 bits per heavy atom. The lowest BCUT2D eigenvalue weighted by molar-refractivity contribution is 0.467. The number of hydrogen-bond donors (Lipinski definition) is 2. The van der Waals surface area contributed by atoms with Gasteiger partial charge in [-0.25, -0.2) is 13.6 Å². The van der Waals surface area contributed by atoms with Gasteiger partial charge < -0.3 is 10.5 Å². The van der Waals surface area contributed by atoms with Gasteiger partial charge in [-0.2, -0.15) is 0 Å². The second-order valence-electron chi connectivity index (χ2n) is 4.68. The maximum absolute atomic E-state index is 11.6. The van der Waals surface area contributed by atoms with E-state index < -0.39 is 10.0 Å². The molecule has 6 heteroatoms. The molecule has 0 bridgehead atoms. The number of sulfonamides is 1. The second-order valence-corrected chi connectivity index (χ2v) is 6.21. The van der Waals surface area contributed by atoms with Crippen molar-refractivity contribution in [2.24, 2.45) is 5.14 Å². The summed E-state index contributed by atoms with van der Waals surface area (Å²) in [6.45, 7) is 3.87. The lowest BCUT2D eigenvalue weighted by Gasteiger charge is -2.11. The zero-order valence-corrected chi connectivity index (χ0v) is 12.1. The molecular weight excluding hydrogens is 276 g/mol. The smallest absolute Gasteiger partial charge is 0.241 e. The molecule has 0 radical (unpaired) electrons. The third-order valence-electron chi connectivity index (χ3n) is 2.70. The van der Waals surface area contributed by atoms with E-state index in [0.717, 1.165) is 11.1 Å². The number of benzene rings is 2. The van der Waals surface area contributed by atoms with Crippen LogP contribution in [0.4, 0.5) is 5.69 Å². The topological polar surface area (TPSA) is 95.4 Å². The van der Waals surface area contributed by atoms with E-state index in [1.807, 2.05) is 32.0 Å². The standard InChI is InChI=1S/C14H16N2O3S/c1-9-5-10(2)7-12(6-9)19-13-4-3-11(15)8-14(13)20(16,17)18/h3-8H,15H2,1-2H3,(H2,16,17,18). The maximum Gasteiger partial charge on any atom is 0.241 e. The van der Waals surface area contributed by atoms with Crippen LogP contribution in [0, 0.1) is 13.8 Å². The summed E-state index contributed by atoms with van der Waals surface area (Å²) in [6, 6.07) is 9.97. The van der Waals surface area contributed by atoms with E-state index in [1.165, 1.54) is 12.1 Å². The fourth-order valence-corrected chi connectivity index (χ4v) is 2.64. The molecule has 0 fully saturated rings. The van der Waals surface area contributed by atoms with E-state index in [0.29, 0.717) is 11.4 Å². The molecule has 2 rings (SSSR count). The largest absolute Gasteiger partial charge is 0.456 e. The Bertz CT molecular complexity index is 735. The molecule has 0 aromatic heterocycles. The molecule has 0 saturated heterocycles. The van der Waals surface area contributed by atoms with E-state index >= 15 is 0 Å². The summed E-state index contributed by atoms with van der Waals surface area (Å²) in [5.41, 5.74) is 7.94. The highest BCUT2D eigenvalue weighted by Gasteiger charge is 2.16. The van der Waals surface area contributed by atoms with Crippen molar-refractivity contribution in [2.75, 3.05) is 5.73 Å². The van der Waals surface area contributed by atoms with Gasteiger partial charge in [0.15, 0.2) is 0 Å². The number of hydrogen-bond acceptors (Lipinski definition) is 4. The highest BCUT2D eigenvalue weighted by Crippen LogP contribution is 2.30. The van der Waals surface area contributed by atoms with E-state index in [-0.39, 0.29) is 10.6 Å². The molecule has 0 saturated carbocycles. The van der Waals surface area contributed by atoms with Crippen molar-refractivity contribution in [3.8, 4) is 11.5 Å².